The highest BCUT2D eigenvalue weighted by Gasteiger charge is 2.25. The number of methoxy groups -OCH3 is 1. The summed E-state index contributed by atoms with van der Waals surface area (Å²) in [5.41, 5.74) is 5.02. The fourth-order valence-electron chi connectivity index (χ4n) is 5.36. The third-order valence-electron chi connectivity index (χ3n) is 7.55. The molecule has 1 amide bonds. The summed E-state index contributed by atoms with van der Waals surface area (Å²) in [7, 11) is 1.66. The van der Waals surface area contributed by atoms with Crippen LogP contribution in [0.1, 0.15) is 88.0 Å². The van der Waals surface area contributed by atoms with E-state index in [0.717, 1.165) is 59.4 Å². The molecule has 3 aromatic carbocycles. The molecule has 0 aliphatic carbocycles. The Labute approximate surface area is 251 Å². The summed E-state index contributed by atoms with van der Waals surface area (Å²) in [6, 6.07) is 24.4. The third-order valence-corrected chi connectivity index (χ3v) is 7.55. The number of para-hydroxylation sites is 1. The van der Waals surface area contributed by atoms with Gasteiger partial charge in [0, 0.05) is 30.1 Å². The van der Waals surface area contributed by atoms with Crippen molar-refractivity contribution >= 4 is 11.6 Å². The van der Waals surface area contributed by atoms with E-state index in [1.807, 2.05) is 47.3 Å². The molecule has 1 N–H and O–H groups in total. The molecular formula is C36H45N3O3. The lowest BCUT2D eigenvalue weighted by Crippen LogP contribution is -2.21. The van der Waals surface area contributed by atoms with Crippen molar-refractivity contribution in [1.82, 2.24) is 9.78 Å². The number of nitrogens with one attached hydrogen (secondary N) is 1. The Morgan fingerprint density at radius 1 is 0.976 bits per heavy atom. The summed E-state index contributed by atoms with van der Waals surface area (Å²) in [6.07, 6.45) is 8.24. The lowest BCUT2D eigenvalue weighted by atomic mass is 9.85. The zero-order valence-electron chi connectivity index (χ0n) is 25.7. The number of carbonyl (C=O) groups excluding carboxylic acids is 1. The van der Waals surface area contributed by atoms with Gasteiger partial charge in [-0.25, -0.2) is 0 Å². The number of aromatic nitrogens is 2. The highest BCUT2D eigenvalue weighted by Crippen LogP contribution is 2.40. The molecule has 0 bridgehead atoms. The van der Waals surface area contributed by atoms with Crippen LogP contribution >= 0.6 is 0 Å². The van der Waals surface area contributed by atoms with Gasteiger partial charge in [-0.3, -0.25) is 9.48 Å². The number of ether oxygens (including phenoxy) is 2. The Kier molecular flexibility index (Phi) is 10.8. The Morgan fingerprint density at radius 2 is 1.79 bits per heavy atom. The second-order valence-electron chi connectivity index (χ2n) is 11.9. The summed E-state index contributed by atoms with van der Waals surface area (Å²) in [5.74, 6) is 1.39. The molecule has 222 valence electrons. The van der Waals surface area contributed by atoms with E-state index >= 15 is 0 Å². The number of carbonyl (C=O) groups is 1. The summed E-state index contributed by atoms with van der Waals surface area (Å²) in [6.45, 7) is 9.79. The normalized spacial score (nSPS) is 12.1. The molecule has 42 heavy (non-hydrogen) atoms. The number of hydrogen-bond donors (Lipinski definition) is 1. The fraction of sp³-hybridized carbons (Fsp3) is 0.389. The van der Waals surface area contributed by atoms with Crippen LogP contribution in [0.15, 0.2) is 85.2 Å². The minimum absolute atomic E-state index is 0.00457. The highest BCUT2D eigenvalue weighted by molar-refractivity contribution is 5.92. The average Bonchev–Trinajstić information content (AvgIpc) is 3.48. The van der Waals surface area contributed by atoms with Crippen LogP contribution in [-0.4, -0.2) is 22.8 Å². The Hall–Kier alpha value is -4.06. The SMILES string of the molecule is CCCCCC(CC(=O)Nc1cc(Cn2cccn2)ccc1C(C)(C)C)c1cccc(OC)c1OCc1ccccc1. The summed E-state index contributed by atoms with van der Waals surface area (Å²) >= 11 is 0. The van der Waals surface area contributed by atoms with E-state index < -0.39 is 0 Å². The molecule has 6 nitrogen and oxygen atoms in total. The van der Waals surface area contributed by atoms with Crippen molar-refractivity contribution in [1.29, 1.82) is 0 Å². The van der Waals surface area contributed by atoms with Gasteiger partial charge in [0.15, 0.2) is 11.5 Å². The Morgan fingerprint density at radius 3 is 2.48 bits per heavy atom. The van der Waals surface area contributed by atoms with Gasteiger partial charge in [0.1, 0.15) is 6.61 Å². The van der Waals surface area contributed by atoms with Crippen LogP contribution in [0.4, 0.5) is 5.69 Å². The first-order valence-corrected chi connectivity index (χ1v) is 15.0. The van der Waals surface area contributed by atoms with Crippen molar-refractivity contribution in [3.8, 4) is 11.5 Å². The van der Waals surface area contributed by atoms with Crippen molar-refractivity contribution in [2.24, 2.45) is 0 Å². The molecule has 0 spiro atoms. The van der Waals surface area contributed by atoms with Crippen molar-refractivity contribution in [2.45, 2.75) is 84.3 Å². The Bertz CT molecular complexity index is 1410. The van der Waals surface area contributed by atoms with E-state index in [4.69, 9.17) is 9.47 Å². The van der Waals surface area contributed by atoms with Crippen LogP contribution < -0.4 is 14.8 Å². The number of nitrogens with zero attached hydrogens (tertiary/aromatic N) is 2. The average molecular weight is 568 g/mol. The number of hydrogen-bond acceptors (Lipinski definition) is 4. The molecule has 1 heterocycles. The zero-order valence-corrected chi connectivity index (χ0v) is 25.7. The van der Waals surface area contributed by atoms with Crippen molar-refractivity contribution in [3.05, 3.63) is 107 Å². The van der Waals surface area contributed by atoms with Gasteiger partial charge in [0.2, 0.25) is 5.91 Å². The maximum atomic E-state index is 13.8. The van der Waals surface area contributed by atoms with Gasteiger partial charge < -0.3 is 14.8 Å². The van der Waals surface area contributed by atoms with E-state index in [1.165, 1.54) is 0 Å². The number of unbranched alkanes of at least 4 members (excludes halogenated alkanes) is 2. The largest absolute Gasteiger partial charge is 0.493 e. The number of rotatable bonds is 14. The monoisotopic (exact) mass is 567 g/mol. The van der Waals surface area contributed by atoms with E-state index in [0.29, 0.717) is 25.3 Å². The quantitative estimate of drug-likeness (QED) is 0.155. The molecule has 0 fully saturated rings. The molecule has 1 atom stereocenters. The predicted octanol–water partition coefficient (Wildman–Crippen LogP) is 8.51. The van der Waals surface area contributed by atoms with E-state index in [2.05, 4.69) is 74.5 Å². The van der Waals surface area contributed by atoms with Gasteiger partial charge >= 0.3 is 0 Å². The number of anilines is 1. The summed E-state index contributed by atoms with van der Waals surface area (Å²) in [5, 5.41) is 7.64. The molecule has 6 heteroatoms. The predicted molar refractivity (Wildman–Crippen MR) is 170 cm³/mol. The summed E-state index contributed by atoms with van der Waals surface area (Å²) < 4.78 is 14.0. The molecule has 1 aromatic heterocycles. The third kappa shape index (κ3) is 8.48. The molecule has 0 saturated carbocycles. The lowest BCUT2D eigenvalue weighted by molar-refractivity contribution is -0.116. The van der Waals surface area contributed by atoms with Gasteiger partial charge in [-0.05, 0) is 52.6 Å². The van der Waals surface area contributed by atoms with Gasteiger partial charge in [0.25, 0.3) is 0 Å². The first-order chi connectivity index (χ1) is 20.3. The van der Waals surface area contributed by atoms with E-state index in [9.17, 15) is 4.79 Å². The number of benzene rings is 3. The molecule has 0 saturated heterocycles. The van der Waals surface area contributed by atoms with Crippen molar-refractivity contribution < 1.29 is 14.3 Å². The first kappa shape index (κ1) is 30.9. The standard InChI is InChI=1S/C36H45N3O3/c1-6-7-9-16-29(30-17-12-18-33(41-5)35(30)42-26-27-14-10-8-11-15-27)24-34(40)38-32-23-28(25-39-22-13-21-37-39)19-20-31(32)36(2,3)4/h8,10-15,17-23,29H,6-7,9,16,24-26H2,1-5H3,(H,38,40). The topological polar surface area (TPSA) is 65.4 Å². The van der Waals surface area contributed by atoms with Crippen LogP contribution in [0.5, 0.6) is 11.5 Å². The van der Waals surface area contributed by atoms with Gasteiger partial charge in [-0.15, -0.1) is 0 Å². The minimum Gasteiger partial charge on any atom is -0.493 e. The smallest absolute Gasteiger partial charge is 0.224 e. The maximum absolute atomic E-state index is 13.8. The van der Waals surface area contributed by atoms with Crippen LogP contribution in [-0.2, 0) is 23.4 Å². The van der Waals surface area contributed by atoms with E-state index in [-0.39, 0.29) is 17.2 Å². The molecule has 1 unspecified atom stereocenters. The van der Waals surface area contributed by atoms with Crippen molar-refractivity contribution in [3.63, 3.8) is 0 Å². The molecule has 0 aliphatic heterocycles. The second kappa shape index (κ2) is 14.7. The van der Waals surface area contributed by atoms with Crippen LogP contribution in [0.2, 0.25) is 0 Å². The molecule has 4 aromatic rings. The molecular weight excluding hydrogens is 522 g/mol. The van der Waals surface area contributed by atoms with Gasteiger partial charge in [-0.2, -0.15) is 5.10 Å². The van der Waals surface area contributed by atoms with Crippen molar-refractivity contribution in [2.75, 3.05) is 12.4 Å². The fourth-order valence-corrected chi connectivity index (χ4v) is 5.36. The van der Waals surface area contributed by atoms with Gasteiger partial charge in [-0.1, -0.05) is 102 Å². The van der Waals surface area contributed by atoms with E-state index in [1.54, 1.807) is 13.3 Å². The second-order valence-corrected chi connectivity index (χ2v) is 11.9. The molecule has 4 rings (SSSR count). The van der Waals surface area contributed by atoms with Gasteiger partial charge in [0.05, 0.1) is 13.7 Å². The lowest BCUT2D eigenvalue weighted by Gasteiger charge is -2.25. The highest BCUT2D eigenvalue weighted by atomic mass is 16.5. The van der Waals surface area contributed by atoms with Crippen LogP contribution in [0, 0.1) is 0 Å². The summed E-state index contributed by atoms with van der Waals surface area (Å²) in [4.78, 5) is 13.8. The van der Waals surface area contributed by atoms with Crippen LogP contribution in [0.25, 0.3) is 0 Å². The zero-order chi connectivity index (χ0) is 30.0. The minimum atomic E-state index is -0.126. The Balaban J connectivity index is 1.60. The van der Waals surface area contributed by atoms with Crippen LogP contribution in [0.3, 0.4) is 0 Å². The maximum Gasteiger partial charge on any atom is 0.224 e. The molecule has 0 radical (unpaired) electrons. The number of amides is 1. The first-order valence-electron chi connectivity index (χ1n) is 15.0. The molecule has 0 aliphatic rings.